The number of hydrogen-bond donors (Lipinski definition) is 10. The van der Waals surface area contributed by atoms with Gasteiger partial charge in [0.15, 0.2) is 44.3 Å². The molecule has 40 heteroatoms. The molecule has 1 aromatic heterocycles. The topological polar surface area (TPSA) is 472 Å². The molecule has 0 saturated carbocycles. The summed E-state index contributed by atoms with van der Waals surface area (Å²) in [6.45, 7) is -0.648. The third kappa shape index (κ3) is 18.3. The standard InChI is InChI=1S/C37H36N12O21S7/c38-32-29(48-46-22-6-11-27(12-7-22)76(56,57)17-15-62-74-70-66-53)20-31(77(58,59)60)33(39)34(32)49-47-28-19-24(8-13-30(28)72-68-64-51)42-37-44-35(43-36(45-37)41-23-2-1-3-25(18-23)71-67-63-50)40-21-4-9-26(10-5-21)75(54,55)16-14-61-73-69-65-52/h1-13,18-20,50-53H,14-17,38-39H2,(H,58,59,60)(H3,40,41,42,43,44,45). The van der Waals surface area contributed by atoms with Crippen molar-refractivity contribution in [2.75, 3.05) is 52.1 Å². The molecular formula is C37H36N12O21S7. The number of azo groups is 2. The fourth-order valence-electron chi connectivity index (χ4n) is 5.81. The van der Waals surface area contributed by atoms with E-state index in [-0.39, 0.29) is 98.8 Å². The first-order chi connectivity index (χ1) is 36.9. The molecule has 0 saturated heterocycles. The van der Waals surface area contributed by atoms with Crippen LogP contribution < -0.4 is 27.4 Å². The summed E-state index contributed by atoms with van der Waals surface area (Å²) < 4.78 is 113. The normalized spacial score (nSPS) is 12.2. The average Bonchev–Trinajstić information content (AvgIpc) is 3.39. The molecule has 12 N–H and O–H groups in total. The van der Waals surface area contributed by atoms with E-state index in [1.807, 2.05) is 0 Å². The summed E-state index contributed by atoms with van der Waals surface area (Å²) in [5, 5.41) is 73.3. The Hall–Kier alpha value is -6.04. The molecule has 6 aromatic rings. The van der Waals surface area contributed by atoms with Crippen molar-refractivity contribution in [2.45, 2.75) is 24.5 Å². The molecule has 0 aliphatic carbocycles. The Morgan fingerprint density at radius 3 is 1.60 bits per heavy atom. The molecule has 1 heterocycles. The molecule has 0 atom stereocenters. The summed E-state index contributed by atoms with van der Waals surface area (Å²) in [6, 6.07) is 22.1. The average molecular weight is 1210 g/mol. The van der Waals surface area contributed by atoms with Crippen LogP contribution in [0.5, 0.6) is 0 Å². The van der Waals surface area contributed by atoms with Crippen molar-refractivity contribution in [2.24, 2.45) is 20.5 Å². The molecule has 0 bridgehead atoms. The van der Waals surface area contributed by atoms with Crippen molar-refractivity contribution >= 4 is 148 Å². The van der Waals surface area contributed by atoms with Crippen molar-refractivity contribution in [3.05, 3.63) is 97.1 Å². The molecule has 412 valence electrons. The summed E-state index contributed by atoms with van der Waals surface area (Å²) in [4.78, 5) is 12.9. The SMILES string of the molecule is Nc1c(N=Nc2ccc(S(=O)(=O)CCOSOOO)cc2)cc(S(=O)(=O)O)c(N)c1N=Nc1cc(Nc2nc(Nc3ccc(S(=O)(=O)CCOSOOO)cc3)nc(Nc3cccc(SOOO)c3)n2)ccc1SOOO. The number of rotatable bonds is 31. The minimum atomic E-state index is -5.08. The second kappa shape index (κ2) is 29.1. The first kappa shape index (κ1) is 60.2. The molecule has 0 aliphatic heterocycles. The van der Waals surface area contributed by atoms with Crippen LogP contribution >= 0.6 is 48.7 Å². The van der Waals surface area contributed by atoms with Gasteiger partial charge in [-0.05, 0) is 91.0 Å². The van der Waals surface area contributed by atoms with Crippen LogP contribution in [0.15, 0.2) is 142 Å². The number of hydrogen-bond acceptors (Lipinski definition) is 36. The summed E-state index contributed by atoms with van der Waals surface area (Å²) in [7, 11) is -12.8. The van der Waals surface area contributed by atoms with E-state index in [0.717, 1.165) is 6.07 Å². The predicted molar refractivity (Wildman–Crippen MR) is 271 cm³/mol. The number of nitrogen functional groups attached to an aromatic ring is 2. The second-order valence-electron chi connectivity index (χ2n) is 14.0. The van der Waals surface area contributed by atoms with E-state index in [1.54, 1.807) is 24.3 Å². The number of nitrogens with zero attached hydrogens (tertiary/aromatic N) is 7. The van der Waals surface area contributed by atoms with Crippen molar-refractivity contribution < 1.29 is 96.7 Å². The van der Waals surface area contributed by atoms with Gasteiger partial charge in [0.1, 0.15) is 22.0 Å². The highest BCUT2D eigenvalue weighted by atomic mass is 32.2. The number of nitrogens with two attached hydrogens (primary N) is 2. The van der Waals surface area contributed by atoms with Crippen molar-refractivity contribution in [1.29, 1.82) is 0 Å². The van der Waals surface area contributed by atoms with Gasteiger partial charge in [0.25, 0.3) is 10.1 Å². The van der Waals surface area contributed by atoms with Crippen LogP contribution in [0, 0.1) is 0 Å². The van der Waals surface area contributed by atoms with Gasteiger partial charge in [0, 0.05) is 22.0 Å². The summed E-state index contributed by atoms with van der Waals surface area (Å²) in [5.41, 5.74) is 11.5. The lowest BCUT2D eigenvalue weighted by Crippen LogP contribution is -2.11. The zero-order valence-corrected chi connectivity index (χ0v) is 43.7. The smallest absolute Gasteiger partial charge is 0.296 e. The van der Waals surface area contributed by atoms with E-state index in [1.165, 1.54) is 66.7 Å². The van der Waals surface area contributed by atoms with Crippen molar-refractivity contribution in [3.8, 4) is 0 Å². The van der Waals surface area contributed by atoms with Crippen LogP contribution in [0.25, 0.3) is 0 Å². The Balaban J connectivity index is 1.30. The van der Waals surface area contributed by atoms with Crippen molar-refractivity contribution in [1.82, 2.24) is 15.0 Å². The molecule has 0 radical (unpaired) electrons. The number of benzene rings is 5. The molecule has 0 spiro atoms. The summed E-state index contributed by atoms with van der Waals surface area (Å²) >= 11 is 1.57. The quantitative estimate of drug-likeness (QED) is 0.00369. The van der Waals surface area contributed by atoms with Gasteiger partial charge in [0.2, 0.25) is 17.8 Å². The van der Waals surface area contributed by atoms with Gasteiger partial charge in [-0.25, -0.2) is 37.9 Å². The van der Waals surface area contributed by atoms with Gasteiger partial charge in [-0.3, -0.25) is 12.9 Å². The van der Waals surface area contributed by atoms with E-state index in [4.69, 9.17) is 40.9 Å². The summed E-state index contributed by atoms with van der Waals surface area (Å²) in [5.74, 6) is -1.18. The van der Waals surface area contributed by atoms with Crippen LogP contribution in [0.4, 0.5) is 69.0 Å². The maximum atomic E-state index is 12.9. The predicted octanol–water partition coefficient (Wildman–Crippen LogP) is 8.75. The van der Waals surface area contributed by atoms with Crippen LogP contribution in [-0.2, 0) is 75.6 Å². The fraction of sp³-hybridized carbons (Fsp3) is 0.108. The van der Waals surface area contributed by atoms with Gasteiger partial charge < -0.3 is 27.4 Å². The Labute approximate surface area is 450 Å². The Bertz CT molecular complexity index is 3360. The van der Waals surface area contributed by atoms with Gasteiger partial charge in [0.05, 0.1) is 80.6 Å². The first-order valence-electron chi connectivity index (χ1n) is 20.2. The van der Waals surface area contributed by atoms with E-state index >= 15 is 0 Å². The molecule has 0 unspecified atom stereocenters. The lowest BCUT2D eigenvalue weighted by Gasteiger charge is -2.13. The van der Waals surface area contributed by atoms with Gasteiger partial charge >= 0.3 is 0 Å². The lowest BCUT2D eigenvalue weighted by atomic mass is 10.2. The second-order valence-corrected chi connectivity index (χ2v) is 22.2. The van der Waals surface area contributed by atoms with Gasteiger partial charge in [-0.2, -0.15) is 28.5 Å². The molecule has 77 heavy (non-hydrogen) atoms. The molecule has 33 nitrogen and oxygen atoms in total. The highest BCUT2D eigenvalue weighted by molar-refractivity contribution is 7.95. The van der Waals surface area contributed by atoms with E-state index < -0.39 is 57.6 Å². The lowest BCUT2D eigenvalue weighted by molar-refractivity contribution is -0.434. The molecule has 0 fully saturated rings. The maximum absolute atomic E-state index is 12.9. The largest absolute Gasteiger partial charge is 0.396 e. The number of sulfone groups is 2. The fourth-order valence-corrected chi connectivity index (χ4v) is 10.1. The molecule has 6 rings (SSSR count). The molecule has 0 amide bonds. The van der Waals surface area contributed by atoms with E-state index in [9.17, 15) is 29.8 Å². The van der Waals surface area contributed by atoms with Crippen LogP contribution in [0.3, 0.4) is 0 Å². The number of nitrogens with one attached hydrogen (secondary N) is 3. The highest BCUT2D eigenvalue weighted by Crippen LogP contribution is 2.44. The number of aromatic nitrogens is 3. The molecular weight excluding hydrogens is 1170 g/mol. The maximum Gasteiger partial charge on any atom is 0.296 e. The monoisotopic (exact) mass is 1210 g/mol. The zero-order valence-electron chi connectivity index (χ0n) is 38.0. The van der Waals surface area contributed by atoms with E-state index in [0.29, 0.717) is 40.4 Å². The zero-order chi connectivity index (χ0) is 55.4. The van der Waals surface area contributed by atoms with Crippen LogP contribution in [-0.4, -0.2) is 90.5 Å². The Morgan fingerprint density at radius 2 is 1.04 bits per heavy atom. The third-order valence-corrected chi connectivity index (χ3v) is 15.4. The Kier molecular flexibility index (Phi) is 22.7. The number of anilines is 8. The van der Waals surface area contributed by atoms with Gasteiger partial charge in [-0.15, -0.1) is 32.7 Å². The minimum absolute atomic E-state index is 0.0537. The van der Waals surface area contributed by atoms with Gasteiger partial charge in [-0.1, -0.05) is 26.2 Å². The molecule has 0 aliphatic rings. The highest BCUT2D eigenvalue weighted by Gasteiger charge is 2.23. The summed E-state index contributed by atoms with van der Waals surface area (Å²) in [6.07, 6.45) is 0. The van der Waals surface area contributed by atoms with E-state index in [2.05, 4.69) is 88.8 Å². The first-order valence-corrected chi connectivity index (χ1v) is 27.8. The van der Waals surface area contributed by atoms with Crippen molar-refractivity contribution in [3.63, 3.8) is 0 Å². The Morgan fingerprint density at radius 1 is 0.532 bits per heavy atom. The minimum Gasteiger partial charge on any atom is -0.396 e. The van der Waals surface area contributed by atoms with Crippen LogP contribution in [0.1, 0.15) is 0 Å². The third-order valence-electron chi connectivity index (χ3n) is 9.13. The molecule has 5 aromatic carbocycles. The van der Waals surface area contributed by atoms with Crippen LogP contribution in [0.2, 0.25) is 0 Å².